The van der Waals surface area contributed by atoms with Crippen LogP contribution in [-0.4, -0.2) is 28.6 Å². The van der Waals surface area contributed by atoms with Crippen molar-refractivity contribution in [3.8, 4) is 0 Å². The Bertz CT molecular complexity index is 614. The summed E-state index contributed by atoms with van der Waals surface area (Å²) in [5.74, 6) is 0.621. The normalized spacial score (nSPS) is 21.5. The van der Waals surface area contributed by atoms with E-state index < -0.39 is 0 Å². The van der Waals surface area contributed by atoms with E-state index in [2.05, 4.69) is 27.5 Å². The summed E-state index contributed by atoms with van der Waals surface area (Å²) < 4.78 is 13.0. The van der Waals surface area contributed by atoms with Gasteiger partial charge in [0.15, 0.2) is 0 Å². The Kier molecular flexibility index (Phi) is 4.63. The molecule has 116 valence electrons. The van der Waals surface area contributed by atoms with Crippen molar-refractivity contribution in [3.63, 3.8) is 0 Å². The molecule has 1 saturated heterocycles. The van der Waals surface area contributed by atoms with Crippen LogP contribution in [-0.2, 0) is 6.42 Å². The van der Waals surface area contributed by atoms with Crippen molar-refractivity contribution in [3.05, 3.63) is 53.7 Å². The third-order valence-corrected chi connectivity index (χ3v) is 4.02. The van der Waals surface area contributed by atoms with E-state index in [1.165, 1.54) is 12.1 Å². The number of piperidine rings is 1. The van der Waals surface area contributed by atoms with Gasteiger partial charge in [0, 0.05) is 30.9 Å². The monoisotopic (exact) mass is 300 g/mol. The SMILES string of the molecule is CC1CC(Nc2nccnc2Cc2ccc(F)cc2)CCN1. The molecule has 0 spiro atoms. The fraction of sp³-hybridized carbons (Fsp3) is 0.412. The van der Waals surface area contributed by atoms with Gasteiger partial charge in [-0.1, -0.05) is 12.1 Å². The van der Waals surface area contributed by atoms with Gasteiger partial charge in [-0.05, 0) is 44.0 Å². The minimum absolute atomic E-state index is 0.218. The minimum atomic E-state index is -0.218. The lowest BCUT2D eigenvalue weighted by molar-refractivity contribution is 0.395. The number of aromatic nitrogens is 2. The molecule has 1 aliphatic rings. The van der Waals surface area contributed by atoms with Crippen LogP contribution in [0.5, 0.6) is 0 Å². The lowest BCUT2D eigenvalue weighted by Crippen LogP contribution is -2.41. The number of hydrogen-bond donors (Lipinski definition) is 2. The maximum atomic E-state index is 13.0. The Morgan fingerprint density at radius 3 is 2.77 bits per heavy atom. The molecule has 0 aliphatic carbocycles. The van der Waals surface area contributed by atoms with Crippen LogP contribution < -0.4 is 10.6 Å². The summed E-state index contributed by atoms with van der Waals surface area (Å²) in [4.78, 5) is 8.89. The average molecular weight is 300 g/mol. The van der Waals surface area contributed by atoms with Gasteiger partial charge in [-0.25, -0.2) is 9.37 Å². The van der Waals surface area contributed by atoms with Crippen molar-refractivity contribution in [2.75, 3.05) is 11.9 Å². The van der Waals surface area contributed by atoms with Crippen LogP contribution in [0.25, 0.3) is 0 Å². The van der Waals surface area contributed by atoms with Gasteiger partial charge in [-0.3, -0.25) is 4.98 Å². The molecular weight excluding hydrogens is 279 g/mol. The molecule has 0 radical (unpaired) electrons. The summed E-state index contributed by atoms with van der Waals surface area (Å²) in [5, 5.41) is 6.97. The van der Waals surface area contributed by atoms with E-state index in [9.17, 15) is 4.39 Å². The Labute approximate surface area is 130 Å². The summed E-state index contributed by atoms with van der Waals surface area (Å²) in [6, 6.07) is 7.48. The summed E-state index contributed by atoms with van der Waals surface area (Å²) in [6.45, 7) is 3.22. The smallest absolute Gasteiger partial charge is 0.148 e. The Morgan fingerprint density at radius 2 is 2.00 bits per heavy atom. The fourth-order valence-electron chi connectivity index (χ4n) is 2.87. The van der Waals surface area contributed by atoms with E-state index in [-0.39, 0.29) is 5.82 Å². The molecule has 2 heterocycles. The minimum Gasteiger partial charge on any atom is -0.366 e. The molecule has 1 fully saturated rings. The van der Waals surface area contributed by atoms with Gasteiger partial charge in [0.05, 0.1) is 5.69 Å². The Morgan fingerprint density at radius 1 is 1.23 bits per heavy atom. The quantitative estimate of drug-likeness (QED) is 0.911. The highest BCUT2D eigenvalue weighted by Crippen LogP contribution is 2.19. The summed E-state index contributed by atoms with van der Waals surface area (Å²) >= 11 is 0. The number of hydrogen-bond acceptors (Lipinski definition) is 4. The first-order valence-corrected chi connectivity index (χ1v) is 7.75. The van der Waals surface area contributed by atoms with Gasteiger partial charge in [0.25, 0.3) is 0 Å². The van der Waals surface area contributed by atoms with E-state index in [0.29, 0.717) is 18.5 Å². The predicted octanol–water partition coefficient (Wildman–Crippen LogP) is 2.76. The molecule has 0 saturated carbocycles. The molecular formula is C17H21FN4. The lowest BCUT2D eigenvalue weighted by Gasteiger charge is -2.29. The molecule has 1 aromatic carbocycles. The second-order valence-corrected chi connectivity index (χ2v) is 5.88. The van der Waals surface area contributed by atoms with E-state index in [1.807, 2.05) is 0 Å². The van der Waals surface area contributed by atoms with Gasteiger partial charge in [-0.2, -0.15) is 0 Å². The van der Waals surface area contributed by atoms with Crippen LogP contribution in [0.3, 0.4) is 0 Å². The first kappa shape index (κ1) is 14.9. The second kappa shape index (κ2) is 6.83. The zero-order valence-corrected chi connectivity index (χ0v) is 12.7. The molecule has 0 amide bonds. The van der Waals surface area contributed by atoms with Crippen LogP contribution in [0.2, 0.25) is 0 Å². The molecule has 2 aromatic rings. The largest absolute Gasteiger partial charge is 0.366 e. The van der Waals surface area contributed by atoms with Gasteiger partial charge in [-0.15, -0.1) is 0 Å². The molecule has 22 heavy (non-hydrogen) atoms. The first-order valence-electron chi connectivity index (χ1n) is 7.75. The summed E-state index contributed by atoms with van der Waals surface area (Å²) in [7, 11) is 0. The van der Waals surface area contributed by atoms with Crippen molar-refractivity contribution < 1.29 is 4.39 Å². The first-order chi connectivity index (χ1) is 10.7. The Hall–Kier alpha value is -2.01. The van der Waals surface area contributed by atoms with Crippen LogP contribution in [0.1, 0.15) is 31.0 Å². The molecule has 3 rings (SSSR count). The molecule has 1 aromatic heterocycles. The van der Waals surface area contributed by atoms with E-state index in [0.717, 1.165) is 36.5 Å². The Balaban J connectivity index is 1.73. The number of rotatable bonds is 4. The number of halogens is 1. The third kappa shape index (κ3) is 3.80. The summed E-state index contributed by atoms with van der Waals surface area (Å²) in [6.07, 6.45) is 6.22. The number of anilines is 1. The van der Waals surface area contributed by atoms with Crippen molar-refractivity contribution in [1.29, 1.82) is 0 Å². The zero-order chi connectivity index (χ0) is 15.4. The van der Waals surface area contributed by atoms with Crippen LogP contribution in [0, 0.1) is 5.82 Å². The molecule has 2 unspecified atom stereocenters. The van der Waals surface area contributed by atoms with Crippen molar-refractivity contribution in [2.24, 2.45) is 0 Å². The number of nitrogens with one attached hydrogen (secondary N) is 2. The second-order valence-electron chi connectivity index (χ2n) is 5.88. The fourth-order valence-corrected chi connectivity index (χ4v) is 2.87. The van der Waals surface area contributed by atoms with Gasteiger partial charge < -0.3 is 10.6 Å². The van der Waals surface area contributed by atoms with E-state index >= 15 is 0 Å². The molecule has 5 heteroatoms. The molecule has 2 atom stereocenters. The topological polar surface area (TPSA) is 49.8 Å². The van der Waals surface area contributed by atoms with Crippen molar-refractivity contribution in [2.45, 2.75) is 38.3 Å². The highest BCUT2D eigenvalue weighted by Gasteiger charge is 2.19. The van der Waals surface area contributed by atoms with Gasteiger partial charge >= 0.3 is 0 Å². The standard InChI is InChI=1S/C17H21FN4/c1-12-10-15(6-7-19-12)22-17-16(20-8-9-21-17)11-13-2-4-14(18)5-3-13/h2-5,8-9,12,15,19H,6-7,10-11H2,1H3,(H,21,22). The average Bonchev–Trinajstić information content (AvgIpc) is 2.51. The zero-order valence-electron chi connectivity index (χ0n) is 12.7. The predicted molar refractivity (Wildman–Crippen MR) is 85.3 cm³/mol. The molecule has 4 nitrogen and oxygen atoms in total. The third-order valence-electron chi connectivity index (χ3n) is 4.02. The van der Waals surface area contributed by atoms with Gasteiger partial charge in [0.2, 0.25) is 0 Å². The van der Waals surface area contributed by atoms with Crippen LogP contribution >= 0.6 is 0 Å². The van der Waals surface area contributed by atoms with Crippen LogP contribution in [0.4, 0.5) is 10.2 Å². The van der Waals surface area contributed by atoms with Crippen molar-refractivity contribution in [1.82, 2.24) is 15.3 Å². The molecule has 1 aliphatic heterocycles. The number of nitrogens with zero attached hydrogens (tertiary/aromatic N) is 2. The maximum Gasteiger partial charge on any atom is 0.148 e. The molecule has 0 bridgehead atoms. The highest BCUT2D eigenvalue weighted by atomic mass is 19.1. The van der Waals surface area contributed by atoms with E-state index in [4.69, 9.17) is 0 Å². The van der Waals surface area contributed by atoms with E-state index in [1.54, 1.807) is 24.5 Å². The van der Waals surface area contributed by atoms with Crippen LogP contribution in [0.15, 0.2) is 36.7 Å². The highest BCUT2D eigenvalue weighted by molar-refractivity contribution is 5.43. The molecule has 2 N–H and O–H groups in total. The summed E-state index contributed by atoms with van der Waals surface area (Å²) in [5.41, 5.74) is 1.93. The van der Waals surface area contributed by atoms with Gasteiger partial charge in [0.1, 0.15) is 11.6 Å². The number of benzene rings is 1. The maximum absolute atomic E-state index is 13.0. The van der Waals surface area contributed by atoms with Crippen molar-refractivity contribution >= 4 is 5.82 Å². The lowest BCUT2D eigenvalue weighted by atomic mass is 10.0.